The molecule has 0 atom stereocenters. The number of hydrogen-bond acceptors (Lipinski definition) is 6. The van der Waals surface area contributed by atoms with E-state index in [2.05, 4.69) is 27.6 Å². The van der Waals surface area contributed by atoms with Crippen LogP contribution >= 0.6 is 11.8 Å². The molecule has 0 radical (unpaired) electrons. The molecule has 1 N–H and O–H groups in total. The van der Waals surface area contributed by atoms with Crippen molar-refractivity contribution in [3.8, 4) is 17.1 Å². The van der Waals surface area contributed by atoms with Gasteiger partial charge in [0.2, 0.25) is 0 Å². The summed E-state index contributed by atoms with van der Waals surface area (Å²) in [6.07, 6.45) is 2.57. The van der Waals surface area contributed by atoms with E-state index < -0.39 is 0 Å². The zero-order valence-corrected chi connectivity index (χ0v) is 18.9. The van der Waals surface area contributed by atoms with E-state index in [0.717, 1.165) is 35.7 Å². The van der Waals surface area contributed by atoms with Crippen molar-refractivity contribution in [2.75, 3.05) is 12.4 Å². The lowest BCUT2D eigenvalue weighted by atomic mass is 10.1. The third-order valence-corrected chi connectivity index (χ3v) is 5.40. The van der Waals surface area contributed by atoms with Crippen LogP contribution in [0.2, 0.25) is 0 Å². The maximum atomic E-state index is 12.2. The average molecular weight is 438 g/mol. The van der Waals surface area contributed by atoms with Crippen LogP contribution in [0.3, 0.4) is 0 Å². The number of carbonyl (C=O) groups excluding carboxylic acids is 1. The molecule has 1 aromatic heterocycles. The van der Waals surface area contributed by atoms with Crippen LogP contribution in [0, 0.1) is 6.92 Å². The summed E-state index contributed by atoms with van der Waals surface area (Å²) in [5.41, 5.74) is 5.63. The summed E-state index contributed by atoms with van der Waals surface area (Å²) < 4.78 is 7.56. The van der Waals surface area contributed by atoms with Gasteiger partial charge in [0.25, 0.3) is 5.91 Å². The lowest BCUT2D eigenvalue weighted by Crippen LogP contribution is -2.20. The quantitative estimate of drug-likeness (QED) is 0.290. The van der Waals surface area contributed by atoms with Crippen molar-refractivity contribution >= 4 is 23.9 Å². The van der Waals surface area contributed by atoms with E-state index in [-0.39, 0.29) is 11.7 Å². The van der Waals surface area contributed by atoms with Crippen LogP contribution in [0.5, 0.6) is 5.75 Å². The molecule has 0 unspecified atom stereocenters. The molecule has 31 heavy (non-hydrogen) atoms. The van der Waals surface area contributed by atoms with Gasteiger partial charge < -0.3 is 9.30 Å². The molecule has 3 rings (SSSR count). The highest BCUT2D eigenvalue weighted by Crippen LogP contribution is 2.24. The third-order valence-electron chi connectivity index (χ3n) is 4.43. The van der Waals surface area contributed by atoms with Gasteiger partial charge in [-0.15, -0.1) is 10.2 Å². The Balaban J connectivity index is 1.52. The maximum absolute atomic E-state index is 12.2. The number of carbonyl (C=O) groups is 1. The molecule has 2 aromatic carbocycles. The Labute approximate surface area is 186 Å². The molecule has 0 bridgehead atoms. The molecular weight excluding hydrogens is 410 g/mol. The Hall–Kier alpha value is -3.13. The minimum absolute atomic E-state index is 0.202. The monoisotopic (exact) mass is 437 g/mol. The highest BCUT2D eigenvalue weighted by Gasteiger charge is 2.14. The van der Waals surface area contributed by atoms with Crippen molar-refractivity contribution in [1.29, 1.82) is 0 Å². The molecule has 3 aromatic rings. The molecule has 8 heteroatoms. The molecule has 1 heterocycles. The molecule has 0 saturated heterocycles. The van der Waals surface area contributed by atoms with Gasteiger partial charge in [0.15, 0.2) is 11.0 Å². The Bertz CT molecular complexity index is 1010. The molecule has 7 nitrogen and oxygen atoms in total. The third kappa shape index (κ3) is 6.42. The predicted octanol–water partition coefficient (Wildman–Crippen LogP) is 4.30. The SMILES string of the molecule is CCCOc1ccc(/C=N\NC(=O)CSc2nnc(-c3ccc(C)cc3)n2CC)cc1. The Morgan fingerprint density at radius 3 is 2.55 bits per heavy atom. The summed E-state index contributed by atoms with van der Waals surface area (Å²) in [6.45, 7) is 7.56. The van der Waals surface area contributed by atoms with Crippen LogP contribution in [0.4, 0.5) is 0 Å². The summed E-state index contributed by atoms with van der Waals surface area (Å²) in [6, 6.07) is 15.7. The van der Waals surface area contributed by atoms with Crippen molar-refractivity contribution in [3.63, 3.8) is 0 Å². The van der Waals surface area contributed by atoms with Crippen molar-refractivity contribution in [2.45, 2.75) is 38.9 Å². The van der Waals surface area contributed by atoms with E-state index in [1.807, 2.05) is 66.9 Å². The van der Waals surface area contributed by atoms with Crippen LogP contribution in [-0.2, 0) is 11.3 Å². The number of aryl methyl sites for hydroxylation is 1. The number of nitrogens with one attached hydrogen (secondary N) is 1. The molecule has 1 amide bonds. The first-order valence-electron chi connectivity index (χ1n) is 10.3. The van der Waals surface area contributed by atoms with E-state index in [9.17, 15) is 4.79 Å². The highest BCUT2D eigenvalue weighted by molar-refractivity contribution is 7.99. The van der Waals surface area contributed by atoms with Gasteiger partial charge in [-0.3, -0.25) is 4.79 Å². The van der Waals surface area contributed by atoms with Crippen molar-refractivity contribution in [2.24, 2.45) is 5.10 Å². The fourth-order valence-electron chi connectivity index (χ4n) is 2.81. The Kier molecular flexibility index (Phi) is 8.23. The van der Waals surface area contributed by atoms with Crippen molar-refractivity contribution in [3.05, 3.63) is 59.7 Å². The summed E-state index contributed by atoms with van der Waals surface area (Å²) in [5.74, 6) is 1.62. The van der Waals surface area contributed by atoms with Gasteiger partial charge in [0.1, 0.15) is 5.75 Å². The minimum Gasteiger partial charge on any atom is -0.494 e. The smallest absolute Gasteiger partial charge is 0.250 e. The molecule has 0 aliphatic rings. The fourth-order valence-corrected chi connectivity index (χ4v) is 3.60. The first-order chi connectivity index (χ1) is 15.1. The second-order valence-corrected chi connectivity index (χ2v) is 7.86. The zero-order valence-electron chi connectivity index (χ0n) is 18.0. The van der Waals surface area contributed by atoms with Gasteiger partial charge >= 0.3 is 0 Å². The number of aromatic nitrogens is 3. The lowest BCUT2D eigenvalue weighted by molar-refractivity contribution is -0.118. The van der Waals surface area contributed by atoms with Crippen LogP contribution in [0.25, 0.3) is 11.4 Å². The minimum atomic E-state index is -0.202. The number of nitrogens with zero attached hydrogens (tertiary/aromatic N) is 4. The molecule has 162 valence electrons. The van der Waals surface area contributed by atoms with Crippen LogP contribution < -0.4 is 10.2 Å². The first-order valence-corrected chi connectivity index (χ1v) is 11.3. The summed E-state index contributed by atoms with van der Waals surface area (Å²) >= 11 is 1.34. The van der Waals surface area contributed by atoms with E-state index >= 15 is 0 Å². The zero-order chi connectivity index (χ0) is 22.1. The summed E-state index contributed by atoms with van der Waals surface area (Å²) in [7, 11) is 0. The fraction of sp³-hybridized carbons (Fsp3) is 0.304. The predicted molar refractivity (Wildman–Crippen MR) is 125 cm³/mol. The largest absolute Gasteiger partial charge is 0.494 e. The molecule has 0 aliphatic carbocycles. The van der Waals surface area contributed by atoms with E-state index in [4.69, 9.17) is 4.74 Å². The van der Waals surface area contributed by atoms with Gasteiger partial charge in [-0.25, -0.2) is 5.43 Å². The Morgan fingerprint density at radius 2 is 1.87 bits per heavy atom. The lowest BCUT2D eigenvalue weighted by Gasteiger charge is -2.07. The van der Waals surface area contributed by atoms with Gasteiger partial charge in [0, 0.05) is 12.1 Å². The number of hydrazone groups is 1. The molecule has 0 fully saturated rings. The van der Waals surface area contributed by atoms with Gasteiger partial charge in [-0.05, 0) is 50.1 Å². The topological polar surface area (TPSA) is 81.4 Å². The molecule has 0 saturated carbocycles. The number of benzene rings is 2. The number of ether oxygens (including phenoxy) is 1. The molecular formula is C23H27N5O2S. The van der Waals surface area contributed by atoms with Gasteiger partial charge in [0.05, 0.1) is 18.6 Å². The van der Waals surface area contributed by atoms with E-state index in [0.29, 0.717) is 11.8 Å². The van der Waals surface area contributed by atoms with Crippen LogP contribution in [0.1, 0.15) is 31.4 Å². The van der Waals surface area contributed by atoms with Crippen LogP contribution in [0.15, 0.2) is 58.8 Å². The molecule has 0 spiro atoms. The highest BCUT2D eigenvalue weighted by atomic mass is 32.2. The van der Waals surface area contributed by atoms with Crippen molar-refractivity contribution < 1.29 is 9.53 Å². The number of thioether (sulfide) groups is 1. The maximum Gasteiger partial charge on any atom is 0.250 e. The van der Waals surface area contributed by atoms with E-state index in [1.54, 1.807) is 6.21 Å². The van der Waals surface area contributed by atoms with Gasteiger partial charge in [-0.2, -0.15) is 5.10 Å². The van der Waals surface area contributed by atoms with Crippen molar-refractivity contribution in [1.82, 2.24) is 20.2 Å². The molecule has 0 aliphatic heterocycles. The number of rotatable bonds is 10. The summed E-state index contributed by atoms with van der Waals surface area (Å²) in [4.78, 5) is 12.2. The Morgan fingerprint density at radius 1 is 1.13 bits per heavy atom. The average Bonchev–Trinajstić information content (AvgIpc) is 3.20. The van der Waals surface area contributed by atoms with E-state index in [1.165, 1.54) is 17.3 Å². The second-order valence-electron chi connectivity index (χ2n) is 6.92. The second kappa shape index (κ2) is 11.3. The van der Waals surface area contributed by atoms with Crippen LogP contribution in [-0.4, -0.2) is 39.2 Å². The normalized spacial score (nSPS) is 11.1. The summed E-state index contributed by atoms with van der Waals surface area (Å²) in [5, 5.41) is 13.3. The standard InChI is InChI=1S/C23H27N5O2S/c1-4-14-30-20-12-8-18(9-13-20)15-24-25-21(29)16-31-23-27-26-22(28(23)5-2)19-10-6-17(3)7-11-19/h6-13,15H,4-5,14,16H2,1-3H3,(H,25,29)/b24-15-. The van der Waals surface area contributed by atoms with Gasteiger partial charge in [-0.1, -0.05) is 48.5 Å². The number of amides is 1. The number of hydrogen-bond donors (Lipinski definition) is 1. The first kappa shape index (κ1) is 22.6.